The molecule has 0 aliphatic carbocycles. The molecule has 0 aromatic heterocycles. The lowest BCUT2D eigenvalue weighted by molar-refractivity contribution is 0.280. The van der Waals surface area contributed by atoms with Gasteiger partial charge < -0.3 is 14.9 Å². The fourth-order valence-electron chi connectivity index (χ4n) is 1.53. The van der Waals surface area contributed by atoms with Crippen LogP contribution in [-0.2, 0) is 13.2 Å². The van der Waals surface area contributed by atoms with Crippen molar-refractivity contribution in [3.8, 4) is 11.5 Å². The van der Waals surface area contributed by atoms with Crippen LogP contribution in [0.3, 0.4) is 0 Å². The summed E-state index contributed by atoms with van der Waals surface area (Å²) in [6, 6.07) is 14.2. The molecule has 0 aliphatic rings. The smallest absolute Gasteiger partial charge is 0.120 e. The predicted molar refractivity (Wildman–Crippen MR) is 64.8 cm³/mol. The molecule has 0 aliphatic heterocycles. The van der Waals surface area contributed by atoms with Crippen LogP contribution in [0.1, 0.15) is 11.1 Å². The monoisotopic (exact) mass is 230 g/mol. The van der Waals surface area contributed by atoms with Crippen molar-refractivity contribution >= 4 is 0 Å². The first-order chi connectivity index (χ1) is 8.28. The first kappa shape index (κ1) is 11.5. The molecule has 0 unspecified atom stereocenters. The van der Waals surface area contributed by atoms with E-state index < -0.39 is 0 Å². The molecule has 2 aromatic rings. The van der Waals surface area contributed by atoms with Crippen LogP contribution in [0.2, 0.25) is 0 Å². The van der Waals surface area contributed by atoms with E-state index >= 15 is 0 Å². The highest BCUT2D eigenvalue weighted by Crippen LogP contribution is 2.17. The number of phenols is 1. The minimum atomic E-state index is 0.0348. The number of benzene rings is 2. The quantitative estimate of drug-likeness (QED) is 0.848. The number of ether oxygens (including phenoxy) is 1. The zero-order valence-corrected chi connectivity index (χ0v) is 9.34. The van der Waals surface area contributed by atoms with E-state index in [0.29, 0.717) is 12.4 Å². The van der Waals surface area contributed by atoms with Crippen molar-refractivity contribution in [3.05, 3.63) is 59.7 Å². The first-order valence-corrected chi connectivity index (χ1v) is 5.38. The van der Waals surface area contributed by atoms with E-state index in [1.165, 1.54) is 0 Å². The van der Waals surface area contributed by atoms with E-state index in [2.05, 4.69) is 0 Å². The minimum absolute atomic E-state index is 0.0348. The summed E-state index contributed by atoms with van der Waals surface area (Å²) in [7, 11) is 0. The van der Waals surface area contributed by atoms with Gasteiger partial charge in [0, 0.05) is 0 Å². The van der Waals surface area contributed by atoms with Gasteiger partial charge in [0.25, 0.3) is 0 Å². The highest BCUT2D eigenvalue weighted by atomic mass is 16.5. The maximum absolute atomic E-state index is 9.13. The SMILES string of the molecule is OCc1cccc(COc2ccc(O)cc2)c1. The summed E-state index contributed by atoms with van der Waals surface area (Å²) in [6.45, 7) is 0.478. The topological polar surface area (TPSA) is 49.7 Å². The van der Waals surface area contributed by atoms with Gasteiger partial charge >= 0.3 is 0 Å². The maximum Gasteiger partial charge on any atom is 0.120 e. The zero-order chi connectivity index (χ0) is 12.1. The van der Waals surface area contributed by atoms with Gasteiger partial charge in [-0.2, -0.15) is 0 Å². The average molecular weight is 230 g/mol. The van der Waals surface area contributed by atoms with E-state index in [9.17, 15) is 0 Å². The van der Waals surface area contributed by atoms with E-state index in [1.807, 2.05) is 24.3 Å². The standard InChI is InChI=1S/C14H14O3/c15-9-11-2-1-3-12(8-11)10-17-14-6-4-13(16)5-7-14/h1-8,15-16H,9-10H2. The molecular weight excluding hydrogens is 216 g/mol. The third-order valence-corrected chi connectivity index (χ3v) is 2.42. The lowest BCUT2D eigenvalue weighted by Crippen LogP contribution is -1.96. The Bertz CT molecular complexity index is 477. The highest BCUT2D eigenvalue weighted by Gasteiger charge is 1.97. The Morgan fingerprint density at radius 1 is 0.941 bits per heavy atom. The van der Waals surface area contributed by atoms with Crippen LogP contribution in [0.25, 0.3) is 0 Å². The first-order valence-electron chi connectivity index (χ1n) is 5.38. The molecule has 0 fully saturated rings. The number of phenolic OH excluding ortho intramolecular Hbond substituents is 1. The van der Waals surface area contributed by atoms with Crippen molar-refractivity contribution in [2.75, 3.05) is 0 Å². The molecule has 17 heavy (non-hydrogen) atoms. The maximum atomic E-state index is 9.13. The van der Waals surface area contributed by atoms with Gasteiger partial charge in [-0.25, -0.2) is 0 Å². The van der Waals surface area contributed by atoms with Crippen LogP contribution >= 0.6 is 0 Å². The number of aromatic hydroxyl groups is 1. The highest BCUT2D eigenvalue weighted by molar-refractivity contribution is 5.30. The van der Waals surface area contributed by atoms with Gasteiger partial charge in [-0.1, -0.05) is 24.3 Å². The summed E-state index contributed by atoms with van der Waals surface area (Å²) < 4.78 is 5.55. The molecule has 88 valence electrons. The number of aliphatic hydroxyl groups is 1. The number of hydrogen-bond acceptors (Lipinski definition) is 3. The summed E-state index contributed by atoms with van der Waals surface area (Å²) >= 11 is 0. The van der Waals surface area contributed by atoms with Gasteiger partial charge in [-0.15, -0.1) is 0 Å². The zero-order valence-electron chi connectivity index (χ0n) is 9.34. The predicted octanol–water partition coefficient (Wildman–Crippen LogP) is 2.46. The van der Waals surface area contributed by atoms with Gasteiger partial charge in [0.2, 0.25) is 0 Å². The molecule has 0 saturated heterocycles. The molecule has 0 spiro atoms. The van der Waals surface area contributed by atoms with Crippen molar-refractivity contribution in [3.63, 3.8) is 0 Å². The van der Waals surface area contributed by atoms with Crippen molar-refractivity contribution < 1.29 is 14.9 Å². The molecule has 0 heterocycles. The number of aliphatic hydroxyl groups excluding tert-OH is 1. The van der Waals surface area contributed by atoms with E-state index in [-0.39, 0.29) is 12.4 Å². The van der Waals surface area contributed by atoms with Gasteiger partial charge in [-0.05, 0) is 35.4 Å². The second kappa shape index (κ2) is 5.37. The molecule has 0 radical (unpaired) electrons. The average Bonchev–Trinajstić information content (AvgIpc) is 2.38. The molecular formula is C14H14O3. The molecule has 0 amide bonds. The molecule has 2 aromatic carbocycles. The molecule has 0 saturated carbocycles. The Kier molecular flexibility index (Phi) is 3.62. The summed E-state index contributed by atoms with van der Waals surface area (Å²) in [5.41, 5.74) is 1.88. The van der Waals surface area contributed by atoms with E-state index in [4.69, 9.17) is 14.9 Å². The van der Waals surface area contributed by atoms with Crippen LogP contribution < -0.4 is 4.74 Å². The molecule has 3 nitrogen and oxygen atoms in total. The molecule has 2 rings (SSSR count). The lowest BCUT2D eigenvalue weighted by Gasteiger charge is -2.07. The second-order valence-electron chi connectivity index (χ2n) is 3.76. The molecule has 2 N–H and O–H groups in total. The van der Waals surface area contributed by atoms with Crippen molar-refractivity contribution in [2.24, 2.45) is 0 Å². The van der Waals surface area contributed by atoms with Crippen LogP contribution in [-0.4, -0.2) is 10.2 Å². The third kappa shape index (κ3) is 3.23. The summed E-state index contributed by atoms with van der Waals surface area (Å²) in [5, 5.41) is 18.1. The summed E-state index contributed by atoms with van der Waals surface area (Å²) in [6.07, 6.45) is 0. The van der Waals surface area contributed by atoms with Crippen molar-refractivity contribution in [2.45, 2.75) is 13.2 Å². The van der Waals surface area contributed by atoms with Crippen LogP contribution in [0, 0.1) is 0 Å². The number of hydrogen-bond donors (Lipinski definition) is 2. The van der Waals surface area contributed by atoms with Crippen LogP contribution in [0.15, 0.2) is 48.5 Å². The van der Waals surface area contributed by atoms with Crippen molar-refractivity contribution in [1.82, 2.24) is 0 Å². The van der Waals surface area contributed by atoms with Crippen LogP contribution in [0.4, 0.5) is 0 Å². The Morgan fingerprint density at radius 3 is 2.35 bits per heavy atom. The Balaban J connectivity index is 1.99. The summed E-state index contributed by atoms with van der Waals surface area (Å²) in [4.78, 5) is 0. The largest absolute Gasteiger partial charge is 0.508 e. The Hall–Kier alpha value is -2.00. The van der Waals surface area contributed by atoms with Crippen LogP contribution in [0.5, 0.6) is 11.5 Å². The normalized spacial score (nSPS) is 10.2. The fourth-order valence-corrected chi connectivity index (χ4v) is 1.53. The van der Waals surface area contributed by atoms with Gasteiger partial charge in [0.1, 0.15) is 18.1 Å². The van der Waals surface area contributed by atoms with Crippen molar-refractivity contribution in [1.29, 1.82) is 0 Å². The second-order valence-corrected chi connectivity index (χ2v) is 3.76. The molecule has 0 atom stereocenters. The van der Waals surface area contributed by atoms with Gasteiger partial charge in [0.05, 0.1) is 6.61 Å². The molecule has 3 heteroatoms. The Morgan fingerprint density at radius 2 is 1.65 bits per heavy atom. The lowest BCUT2D eigenvalue weighted by atomic mass is 10.1. The van der Waals surface area contributed by atoms with E-state index in [1.54, 1.807) is 24.3 Å². The summed E-state index contributed by atoms with van der Waals surface area (Å²) in [5.74, 6) is 0.928. The third-order valence-electron chi connectivity index (χ3n) is 2.42. The minimum Gasteiger partial charge on any atom is -0.508 e. The van der Waals surface area contributed by atoms with Gasteiger partial charge in [-0.3, -0.25) is 0 Å². The van der Waals surface area contributed by atoms with Gasteiger partial charge in [0.15, 0.2) is 0 Å². The van der Waals surface area contributed by atoms with E-state index in [0.717, 1.165) is 11.1 Å². The Labute approximate surface area is 99.9 Å². The number of rotatable bonds is 4. The molecule has 0 bridgehead atoms. The fraction of sp³-hybridized carbons (Fsp3) is 0.143.